The Kier molecular flexibility index (Phi) is 13.7. The minimum absolute atomic E-state index is 0.0199. The molecule has 4 fully saturated rings. The van der Waals surface area contributed by atoms with Crippen LogP contribution < -0.4 is 10.4 Å². The summed E-state index contributed by atoms with van der Waals surface area (Å²) in [5.41, 5.74) is 0.897. The van der Waals surface area contributed by atoms with Crippen LogP contribution in [-0.2, 0) is 41.3 Å². The van der Waals surface area contributed by atoms with Gasteiger partial charge >= 0.3 is 25.3 Å². The number of methoxy groups -OCH3 is 1. The largest absolute Gasteiger partial charge is 0.494 e. The fourth-order valence-electron chi connectivity index (χ4n) is 10.2. The Morgan fingerprint density at radius 1 is 0.896 bits per heavy atom. The van der Waals surface area contributed by atoms with Crippen LogP contribution in [0.2, 0.25) is 0 Å². The third kappa shape index (κ3) is 10.3. The van der Waals surface area contributed by atoms with Gasteiger partial charge in [0.05, 0.1) is 40.6 Å². The predicted octanol–water partition coefficient (Wildman–Crippen LogP) is 8.98. The van der Waals surface area contributed by atoms with Gasteiger partial charge in [-0.25, -0.2) is 19.4 Å². The van der Waals surface area contributed by atoms with Crippen LogP contribution in [0.1, 0.15) is 146 Å². The first kappa shape index (κ1) is 50.5. The summed E-state index contributed by atoms with van der Waals surface area (Å²) >= 11 is 0. The maximum Gasteiger partial charge on any atom is 0.494 e. The lowest BCUT2D eigenvalue weighted by atomic mass is 9.71. The lowest BCUT2D eigenvalue weighted by Crippen LogP contribution is -2.69. The zero-order valence-corrected chi connectivity index (χ0v) is 43.0. The molecule has 2 atom stereocenters. The highest BCUT2D eigenvalue weighted by Gasteiger charge is 2.57. The highest BCUT2D eigenvalue weighted by atomic mass is 16.7. The molecule has 16 heteroatoms. The number of carboxylic acid groups (broad SMARTS) is 1. The van der Waals surface area contributed by atoms with E-state index in [-0.39, 0.29) is 25.5 Å². The number of hydrogen-bond acceptors (Lipinski definition) is 11. The van der Waals surface area contributed by atoms with Gasteiger partial charge in [-0.1, -0.05) is 26.0 Å². The summed E-state index contributed by atoms with van der Waals surface area (Å²) in [5.74, 6) is -1.23. The number of fused-ring (bicyclic) bond motifs is 1. The van der Waals surface area contributed by atoms with Gasteiger partial charge in [-0.2, -0.15) is 5.01 Å². The zero-order valence-electron chi connectivity index (χ0n) is 43.0. The number of hydrogen-bond donors (Lipinski definition) is 1. The summed E-state index contributed by atoms with van der Waals surface area (Å²) in [5, 5.41) is 14.7. The molecule has 3 aliphatic heterocycles. The molecule has 0 spiro atoms. The van der Waals surface area contributed by atoms with E-state index in [2.05, 4.69) is 45.6 Å². The average Bonchev–Trinajstić information content (AvgIpc) is 4.00. The Labute approximate surface area is 398 Å². The van der Waals surface area contributed by atoms with E-state index in [1.165, 1.54) is 12.8 Å². The van der Waals surface area contributed by atoms with Crippen molar-refractivity contribution in [2.24, 2.45) is 5.41 Å². The van der Waals surface area contributed by atoms with Gasteiger partial charge in [0.25, 0.3) is 0 Å². The Morgan fingerprint density at radius 3 is 2.06 bits per heavy atom. The smallest absolute Gasteiger partial charge is 0.479 e. The van der Waals surface area contributed by atoms with E-state index in [9.17, 15) is 19.5 Å². The number of rotatable bonds is 12. The van der Waals surface area contributed by atoms with Crippen LogP contribution in [0.4, 0.5) is 15.3 Å². The third-order valence-corrected chi connectivity index (χ3v) is 14.3. The molecular formula is C51H77BN6O9. The molecule has 67 heavy (non-hydrogen) atoms. The molecule has 0 unspecified atom stereocenters. The number of carbonyl (C=O) groups is 3. The molecule has 1 aliphatic carbocycles. The Bertz CT molecular complexity index is 2320. The summed E-state index contributed by atoms with van der Waals surface area (Å²) in [7, 11) is 1.08. The lowest BCUT2D eigenvalue weighted by molar-refractivity contribution is -0.179. The SMILES string of the molecule is CCn1c(-c2cc(N3CCN(C4CC4)CC3)cnc2[C@H](C)OC)c(CC(C)(C)C[C@]2(C(=O)O)CCCN(C(=O)OC(C)(C)C)N2C(=O)OC(C)(C)C)c2cc(B3OC(C)(C)C(C)(C)O3)ccc21. The summed E-state index contributed by atoms with van der Waals surface area (Å²) in [6.07, 6.45) is 3.22. The van der Waals surface area contributed by atoms with E-state index >= 15 is 0 Å². The molecule has 2 amide bonds. The number of amides is 2. The van der Waals surface area contributed by atoms with Gasteiger partial charge in [0.15, 0.2) is 5.54 Å². The van der Waals surface area contributed by atoms with Gasteiger partial charge in [-0.3, -0.25) is 9.88 Å². The molecule has 3 aromatic rings. The minimum Gasteiger partial charge on any atom is -0.479 e. The van der Waals surface area contributed by atoms with Crippen molar-refractivity contribution in [1.29, 1.82) is 0 Å². The van der Waals surface area contributed by atoms with Crippen molar-refractivity contribution in [3.8, 4) is 11.3 Å². The number of carboxylic acids is 1. The van der Waals surface area contributed by atoms with Gasteiger partial charge in [0.2, 0.25) is 0 Å². The van der Waals surface area contributed by atoms with Crippen molar-refractivity contribution < 1.29 is 43.0 Å². The van der Waals surface area contributed by atoms with Crippen LogP contribution >= 0.6 is 0 Å². The van der Waals surface area contributed by atoms with Gasteiger partial charge < -0.3 is 38.1 Å². The Hall–Kier alpha value is -4.38. The number of aryl methyl sites for hydroxylation is 1. The van der Waals surface area contributed by atoms with Crippen LogP contribution in [-0.4, -0.2) is 129 Å². The van der Waals surface area contributed by atoms with E-state index < -0.39 is 58.6 Å². The maximum atomic E-state index is 14.5. The second-order valence-electron chi connectivity index (χ2n) is 23.0. The van der Waals surface area contributed by atoms with Crippen molar-refractivity contribution in [2.45, 2.75) is 182 Å². The second-order valence-corrected chi connectivity index (χ2v) is 23.0. The fourth-order valence-corrected chi connectivity index (χ4v) is 10.2. The zero-order chi connectivity index (χ0) is 49.2. The highest BCUT2D eigenvalue weighted by molar-refractivity contribution is 6.62. The number of ether oxygens (including phenoxy) is 3. The standard InChI is InChI=1S/C51H77BN6O9/c1-16-56-40-21-18-34(52-66-49(11,12)50(13,14)67-52)28-37(40)39(42(56)38-29-36(31-53-41(38)33(2)63-15)55-26-24-54(25-27-55)35-19-20-35)30-48(9,10)32-51(43(59)60)22-17-23-57(44(61)64-46(3,4)5)58(51)45(62)65-47(6,7)8/h18,21,28-29,31,33,35H,16-17,19-20,22-27,30,32H2,1-15H3,(H,59,60)/t33-,51-/m0/s1. The van der Waals surface area contributed by atoms with E-state index in [0.717, 1.165) is 80.8 Å². The summed E-state index contributed by atoms with van der Waals surface area (Å²) in [6, 6.07) is 9.35. The number of carbonyl (C=O) groups excluding carboxylic acids is 2. The molecule has 4 aliphatic rings. The predicted molar refractivity (Wildman–Crippen MR) is 262 cm³/mol. The summed E-state index contributed by atoms with van der Waals surface area (Å²) < 4.78 is 33.3. The number of anilines is 1. The van der Waals surface area contributed by atoms with Crippen molar-refractivity contribution in [2.75, 3.05) is 44.7 Å². The maximum absolute atomic E-state index is 14.5. The van der Waals surface area contributed by atoms with Crippen LogP contribution in [0.3, 0.4) is 0 Å². The first-order valence-electron chi connectivity index (χ1n) is 24.4. The Morgan fingerprint density at radius 2 is 1.51 bits per heavy atom. The van der Waals surface area contributed by atoms with Crippen LogP contribution in [0.5, 0.6) is 0 Å². The third-order valence-electron chi connectivity index (χ3n) is 14.3. The van der Waals surface area contributed by atoms with E-state index in [0.29, 0.717) is 25.4 Å². The van der Waals surface area contributed by atoms with E-state index in [1.807, 2.05) is 54.7 Å². The van der Waals surface area contributed by atoms with Crippen molar-refractivity contribution in [3.63, 3.8) is 0 Å². The molecule has 2 aromatic heterocycles. The second kappa shape index (κ2) is 18.2. The van der Waals surface area contributed by atoms with Crippen LogP contribution in [0.15, 0.2) is 30.5 Å². The van der Waals surface area contributed by atoms with Crippen LogP contribution in [0.25, 0.3) is 22.2 Å². The quantitative estimate of drug-likeness (QED) is 0.173. The molecule has 1 aromatic carbocycles. The van der Waals surface area contributed by atoms with Crippen molar-refractivity contribution >= 4 is 47.3 Å². The minimum atomic E-state index is -1.88. The van der Waals surface area contributed by atoms with E-state index in [1.54, 1.807) is 48.7 Å². The number of hydrazine groups is 1. The topological polar surface area (TPSA) is 148 Å². The average molecular weight is 929 g/mol. The first-order valence-corrected chi connectivity index (χ1v) is 24.4. The lowest BCUT2D eigenvalue weighted by Gasteiger charge is -2.51. The highest BCUT2D eigenvalue weighted by Crippen LogP contribution is 2.47. The molecule has 5 heterocycles. The molecule has 1 N–H and O–H groups in total. The monoisotopic (exact) mass is 929 g/mol. The number of aliphatic carboxylic acids is 1. The molecule has 7 rings (SSSR count). The summed E-state index contributed by atoms with van der Waals surface area (Å²) in [4.78, 5) is 52.7. The normalized spacial score (nSPS) is 22.1. The number of pyridine rings is 1. The first-order chi connectivity index (χ1) is 31.1. The van der Waals surface area contributed by atoms with Gasteiger partial charge in [-0.15, -0.1) is 0 Å². The van der Waals surface area contributed by atoms with Gasteiger partial charge in [0, 0.05) is 68.9 Å². The molecule has 368 valence electrons. The number of piperazine rings is 1. The molecule has 0 radical (unpaired) electrons. The molecule has 3 saturated heterocycles. The van der Waals surface area contributed by atoms with Crippen molar-refractivity contribution in [3.05, 3.63) is 41.7 Å². The van der Waals surface area contributed by atoms with E-state index in [4.69, 9.17) is 28.5 Å². The number of benzene rings is 1. The van der Waals surface area contributed by atoms with Crippen LogP contribution in [0, 0.1) is 5.41 Å². The Balaban J connectivity index is 1.40. The number of nitrogens with zero attached hydrogens (tertiary/aromatic N) is 6. The molecular weight excluding hydrogens is 851 g/mol. The molecule has 0 bridgehead atoms. The summed E-state index contributed by atoms with van der Waals surface area (Å²) in [6.45, 7) is 31.3. The van der Waals surface area contributed by atoms with Gasteiger partial charge in [-0.05, 0) is 150 Å². The van der Waals surface area contributed by atoms with Crippen molar-refractivity contribution in [1.82, 2.24) is 24.5 Å². The number of aromatic nitrogens is 2. The molecule has 1 saturated carbocycles. The van der Waals surface area contributed by atoms with Gasteiger partial charge in [0.1, 0.15) is 11.2 Å². The molecule has 15 nitrogen and oxygen atoms in total. The fraction of sp³-hybridized carbons (Fsp3) is 0.686.